The Hall–Kier alpha value is -1.95. The van der Waals surface area contributed by atoms with E-state index in [9.17, 15) is 4.79 Å². The maximum absolute atomic E-state index is 11.2. The molecule has 1 heterocycles. The van der Waals surface area contributed by atoms with Gasteiger partial charge in [-0.05, 0) is 12.1 Å². The minimum atomic E-state index is -0.0752. The van der Waals surface area contributed by atoms with Crippen LogP contribution in [0.25, 0.3) is 10.6 Å². The summed E-state index contributed by atoms with van der Waals surface area (Å²) in [4.78, 5) is 11.2. The van der Waals surface area contributed by atoms with Gasteiger partial charge in [0.05, 0.1) is 0 Å². The lowest BCUT2D eigenvalue weighted by atomic mass is 10.2. The van der Waals surface area contributed by atoms with Crippen LogP contribution in [-0.2, 0) is 4.79 Å². The van der Waals surface area contributed by atoms with Crippen molar-refractivity contribution in [2.75, 3.05) is 11.1 Å². The molecule has 88 valence electrons. The molecule has 1 aromatic heterocycles. The lowest BCUT2D eigenvalue weighted by Crippen LogP contribution is -2.08. The van der Waals surface area contributed by atoms with Crippen LogP contribution in [0.5, 0.6) is 0 Å². The fourth-order valence-electron chi connectivity index (χ4n) is 1.28. The predicted molar refractivity (Wildman–Crippen MR) is 68.7 cm³/mol. The molecule has 0 aliphatic heterocycles. The number of nitrogens with two attached hydrogens (primary N) is 1. The second-order valence-corrected chi connectivity index (χ2v) is 4.38. The van der Waals surface area contributed by atoms with E-state index in [4.69, 9.17) is 5.73 Å². The van der Waals surface area contributed by atoms with Gasteiger partial charge in [0.1, 0.15) is 0 Å². The predicted octanol–water partition coefficient (Wildman–Crippen LogP) is 2.14. The molecule has 5 nitrogen and oxygen atoms in total. The molecule has 1 amide bonds. The summed E-state index contributed by atoms with van der Waals surface area (Å²) >= 11 is 1.31. The summed E-state index contributed by atoms with van der Waals surface area (Å²) in [7, 11) is 0. The van der Waals surface area contributed by atoms with Crippen molar-refractivity contribution in [3.05, 3.63) is 24.3 Å². The van der Waals surface area contributed by atoms with E-state index in [1.165, 1.54) is 11.3 Å². The molecule has 0 spiro atoms. The van der Waals surface area contributed by atoms with Crippen LogP contribution in [-0.4, -0.2) is 16.1 Å². The second kappa shape index (κ2) is 4.92. The van der Waals surface area contributed by atoms with E-state index in [0.29, 0.717) is 22.2 Å². The third-order valence-electron chi connectivity index (χ3n) is 2.18. The number of rotatable bonds is 3. The lowest BCUT2D eigenvalue weighted by Gasteiger charge is -1.99. The number of carbonyl (C=O) groups excluding carboxylic acids is 1. The molecule has 0 saturated carbocycles. The molecule has 0 radical (unpaired) electrons. The summed E-state index contributed by atoms with van der Waals surface area (Å²) < 4.78 is 0. The van der Waals surface area contributed by atoms with Gasteiger partial charge in [0, 0.05) is 17.7 Å². The van der Waals surface area contributed by atoms with Gasteiger partial charge in [-0.15, -0.1) is 10.2 Å². The molecule has 0 unspecified atom stereocenters. The smallest absolute Gasteiger partial charge is 0.225 e. The Morgan fingerprint density at radius 3 is 2.88 bits per heavy atom. The zero-order valence-electron chi connectivity index (χ0n) is 9.30. The van der Waals surface area contributed by atoms with Gasteiger partial charge in [0.25, 0.3) is 0 Å². The van der Waals surface area contributed by atoms with Gasteiger partial charge in [-0.3, -0.25) is 4.79 Å². The zero-order chi connectivity index (χ0) is 12.3. The molecule has 17 heavy (non-hydrogen) atoms. The molecule has 0 aliphatic carbocycles. The van der Waals surface area contributed by atoms with Crippen LogP contribution >= 0.6 is 11.3 Å². The van der Waals surface area contributed by atoms with Crippen LogP contribution in [0.4, 0.5) is 10.8 Å². The highest BCUT2D eigenvalue weighted by atomic mass is 32.1. The van der Waals surface area contributed by atoms with Crippen LogP contribution in [0.2, 0.25) is 0 Å². The molecule has 0 fully saturated rings. The standard InChI is InChI=1S/C11H12N4OS/c1-2-9(16)13-11-15-14-10(17-11)7-5-3-4-6-8(7)12/h3-6H,2,12H2,1H3,(H,13,15,16). The van der Waals surface area contributed by atoms with Crippen molar-refractivity contribution in [2.24, 2.45) is 0 Å². The van der Waals surface area contributed by atoms with E-state index in [1.54, 1.807) is 13.0 Å². The summed E-state index contributed by atoms with van der Waals surface area (Å²) in [6.07, 6.45) is 0.419. The molecule has 0 aliphatic rings. The van der Waals surface area contributed by atoms with Gasteiger partial charge in [0.15, 0.2) is 5.01 Å². The number of benzene rings is 1. The molecule has 0 bridgehead atoms. The van der Waals surface area contributed by atoms with Crippen molar-refractivity contribution in [3.63, 3.8) is 0 Å². The van der Waals surface area contributed by atoms with Gasteiger partial charge in [-0.25, -0.2) is 0 Å². The minimum Gasteiger partial charge on any atom is -0.398 e. The Morgan fingerprint density at radius 1 is 1.41 bits per heavy atom. The van der Waals surface area contributed by atoms with E-state index in [-0.39, 0.29) is 5.91 Å². The summed E-state index contributed by atoms with van der Waals surface area (Å²) in [6.45, 7) is 1.78. The number of para-hydroxylation sites is 1. The van der Waals surface area contributed by atoms with E-state index < -0.39 is 0 Å². The summed E-state index contributed by atoms with van der Waals surface area (Å²) in [5, 5.41) is 11.8. The largest absolute Gasteiger partial charge is 0.398 e. The van der Waals surface area contributed by atoms with Gasteiger partial charge in [-0.2, -0.15) is 0 Å². The molecule has 6 heteroatoms. The number of hydrogen-bond donors (Lipinski definition) is 2. The number of hydrogen-bond acceptors (Lipinski definition) is 5. The molecule has 0 atom stereocenters. The second-order valence-electron chi connectivity index (χ2n) is 3.40. The van der Waals surface area contributed by atoms with Gasteiger partial charge >= 0.3 is 0 Å². The highest BCUT2D eigenvalue weighted by molar-refractivity contribution is 7.18. The van der Waals surface area contributed by atoms with E-state index >= 15 is 0 Å². The molecule has 2 aromatic rings. The van der Waals surface area contributed by atoms with E-state index in [0.717, 1.165) is 5.56 Å². The van der Waals surface area contributed by atoms with Crippen molar-refractivity contribution in [3.8, 4) is 10.6 Å². The zero-order valence-corrected chi connectivity index (χ0v) is 10.1. The summed E-state index contributed by atoms with van der Waals surface area (Å²) in [5.74, 6) is -0.0752. The van der Waals surface area contributed by atoms with Crippen LogP contribution in [0.15, 0.2) is 24.3 Å². The number of nitrogens with zero attached hydrogens (tertiary/aromatic N) is 2. The summed E-state index contributed by atoms with van der Waals surface area (Å²) in [6, 6.07) is 7.43. The Labute approximate surface area is 103 Å². The minimum absolute atomic E-state index is 0.0752. The first-order valence-electron chi connectivity index (χ1n) is 5.19. The number of amides is 1. The highest BCUT2D eigenvalue weighted by Crippen LogP contribution is 2.30. The fourth-order valence-corrected chi connectivity index (χ4v) is 2.09. The Balaban J connectivity index is 2.24. The SMILES string of the molecule is CCC(=O)Nc1nnc(-c2ccccc2N)s1. The molecule has 0 saturated heterocycles. The van der Waals surface area contributed by atoms with Crippen molar-refractivity contribution in [1.29, 1.82) is 0 Å². The van der Waals surface area contributed by atoms with Crippen molar-refractivity contribution < 1.29 is 4.79 Å². The average Bonchev–Trinajstić information content (AvgIpc) is 2.78. The monoisotopic (exact) mass is 248 g/mol. The van der Waals surface area contributed by atoms with Crippen molar-refractivity contribution >= 4 is 28.1 Å². The number of nitrogens with one attached hydrogen (secondary N) is 1. The Morgan fingerprint density at radius 2 is 2.18 bits per heavy atom. The topological polar surface area (TPSA) is 80.9 Å². The first-order valence-corrected chi connectivity index (χ1v) is 6.00. The third-order valence-corrected chi connectivity index (χ3v) is 3.06. The van der Waals surface area contributed by atoms with Gasteiger partial charge in [0.2, 0.25) is 11.0 Å². The first-order chi connectivity index (χ1) is 8.20. The molecule has 3 N–H and O–H groups in total. The number of carbonyl (C=O) groups is 1. The highest BCUT2D eigenvalue weighted by Gasteiger charge is 2.10. The van der Waals surface area contributed by atoms with E-state index in [2.05, 4.69) is 15.5 Å². The van der Waals surface area contributed by atoms with Gasteiger partial charge in [-0.1, -0.05) is 30.4 Å². The maximum atomic E-state index is 11.2. The lowest BCUT2D eigenvalue weighted by molar-refractivity contribution is -0.115. The molecular weight excluding hydrogens is 236 g/mol. The molecule has 2 rings (SSSR count). The van der Waals surface area contributed by atoms with Crippen LogP contribution in [0.3, 0.4) is 0 Å². The normalized spacial score (nSPS) is 10.2. The van der Waals surface area contributed by atoms with Crippen LogP contribution in [0.1, 0.15) is 13.3 Å². The van der Waals surface area contributed by atoms with Crippen LogP contribution in [0, 0.1) is 0 Å². The molecule has 1 aromatic carbocycles. The van der Waals surface area contributed by atoms with Crippen molar-refractivity contribution in [1.82, 2.24) is 10.2 Å². The first kappa shape index (κ1) is 11.5. The average molecular weight is 248 g/mol. The fraction of sp³-hybridized carbons (Fsp3) is 0.182. The van der Waals surface area contributed by atoms with E-state index in [1.807, 2.05) is 18.2 Å². The summed E-state index contributed by atoms with van der Waals surface area (Å²) in [5.41, 5.74) is 7.33. The number of nitrogen functional groups attached to an aromatic ring is 1. The number of anilines is 2. The third kappa shape index (κ3) is 2.59. The maximum Gasteiger partial charge on any atom is 0.225 e. The quantitative estimate of drug-likeness (QED) is 0.815. The van der Waals surface area contributed by atoms with Gasteiger partial charge < -0.3 is 11.1 Å². The Kier molecular flexibility index (Phi) is 3.34. The number of aromatic nitrogens is 2. The van der Waals surface area contributed by atoms with Crippen LogP contribution < -0.4 is 11.1 Å². The van der Waals surface area contributed by atoms with Crippen molar-refractivity contribution in [2.45, 2.75) is 13.3 Å². The molecular formula is C11H12N4OS. The Bertz CT molecular complexity index is 538.